The molecule has 0 fully saturated rings. The van der Waals surface area contributed by atoms with Crippen molar-refractivity contribution in [3.8, 4) is 5.75 Å². The third-order valence-corrected chi connectivity index (χ3v) is 4.34. The van der Waals surface area contributed by atoms with Crippen LogP contribution >= 0.6 is 15.9 Å². The van der Waals surface area contributed by atoms with Crippen molar-refractivity contribution in [3.05, 3.63) is 63.4 Å². The summed E-state index contributed by atoms with van der Waals surface area (Å²) in [6, 6.07) is 10.6. The fraction of sp³-hybridized carbons (Fsp3) is 0.250. The van der Waals surface area contributed by atoms with Crippen molar-refractivity contribution in [2.24, 2.45) is 0 Å². The topological polar surface area (TPSA) is 29.5 Å². The van der Waals surface area contributed by atoms with E-state index in [1.165, 1.54) is 7.11 Å². The zero-order valence-corrected chi connectivity index (χ0v) is 12.9. The first-order valence-corrected chi connectivity index (χ1v) is 7.08. The molecule has 1 unspecified atom stereocenters. The molecule has 1 N–H and O–H groups in total. The Kier molecular flexibility index (Phi) is 4.78. The van der Waals surface area contributed by atoms with E-state index >= 15 is 0 Å². The predicted octanol–water partition coefficient (Wildman–Crippen LogP) is 4.18. The fourth-order valence-electron chi connectivity index (χ4n) is 2.12. The van der Waals surface area contributed by atoms with Crippen LogP contribution in [0.15, 0.2) is 40.9 Å². The van der Waals surface area contributed by atoms with E-state index in [0.29, 0.717) is 5.56 Å². The Balaban J connectivity index is 2.28. The second kappa shape index (κ2) is 6.37. The first-order chi connectivity index (χ1) is 9.54. The maximum absolute atomic E-state index is 14.1. The molecule has 0 aromatic heterocycles. The molecular formula is C16H16BrFO2. The number of aryl methyl sites for hydroxylation is 1. The van der Waals surface area contributed by atoms with E-state index in [1.54, 1.807) is 18.2 Å². The first-order valence-electron chi connectivity index (χ1n) is 6.29. The van der Waals surface area contributed by atoms with E-state index in [1.807, 2.05) is 25.1 Å². The van der Waals surface area contributed by atoms with Gasteiger partial charge < -0.3 is 9.84 Å². The Hall–Kier alpha value is -1.39. The summed E-state index contributed by atoms with van der Waals surface area (Å²) >= 11 is 3.46. The SMILES string of the molecule is COc1cccc(CC(O)c2cccc(C)c2Br)c1F. The van der Waals surface area contributed by atoms with Crippen LogP contribution in [0.1, 0.15) is 22.8 Å². The molecule has 2 nitrogen and oxygen atoms in total. The monoisotopic (exact) mass is 338 g/mol. The van der Waals surface area contributed by atoms with Gasteiger partial charge in [-0.1, -0.05) is 46.3 Å². The molecule has 0 amide bonds. The van der Waals surface area contributed by atoms with Gasteiger partial charge in [0.25, 0.3) is 0 Å². The summed E-state index contributed by atoms with van der Waals surface area (Å²) in [4.78, 5) is 0. The van der Waals surface area contributed by atoms with E-state index in [4.69, 9.17) is 4.74 Å². The van der Waals surface area contributed by atoms with Crippen molar-refractivity contribution < 1.29 is 14.2 Å². The second-order valence-corrected chi connectivity index (χ2v) is 5.42. The maximum Gasteiger partial charge on any atom is 0.168 e. The van der Waals surface area contributed by atoms with Crippen molar-refractivity contribution in [1.29, 1.82) is 0 Å². The average molecular weight is 339 g/mol. The lowest BCUT2D eigenvalue weighted by Crippen LogP contribution is -2.05. The molecule has 0 bridgehead atoms. The van der Waals surface area contributed by atoms with Crippen molar-refractivity contribution in [1.82, 2.24) is 0 Å². The van der Waals surface area contributed by atoms with E-state index in [2.05, 4.69) is 15.9 Å². The number of halogens is 2. The van der Waals surface area contributed by atoms with Crippen LogP contribution < -0.4 is 4.74 Å². The summed E-state index contributed by atoms with van der Waals surface area (Å²) in [6.07, 6.45) is -0.573. The van der Waals surface area contributed by atoms with Gasteiger partial charge in [-0.05, 0) is 29.7 Å². The highest BCUT2D eigenvalue weighted by molar-refractivity contribution is 9.10. The summed E-state index contributed by atoms with van der Waals surface area (Å²) < 4.78 is 19.9. The number of methoxy groups -OCH3 is 1. The highest BCUT2D eigenvalue weighted by Gasteiger charge is 2.16. The van der Waals surface area contributed by atoms with Gasteiger partial charge in [0.1, 0.15) is 0 Å². The smallest absolute Gasteiger partial charge is 0.168 e. The molecule has 0 saturated heterocycles. The van der Waals surface area contributed by atoms with Crippen LogP contribution in [-0.4, -0.2) is 12.2 Å². The highest BCUT2D eigenvalue weighted by Crippen LogP contribution is 2.30. The average Bonchev–Trinajstić information content (AvgIpc) is 2.44. The van der Waals surface area contributed by atoms with Gasteiger partial charge in [-0.25, -0.2) is 4.39 Å². The minimum absolute atomic E-state index is 0.193. The highest BCUT2D eigenvalue weighted by atomic mass is 79.9. The van der Waals surface area contributed by atoms with E-state index < -0.39 is 11.9 Å². The van der Waals surface area contributed by atoms with Gasteiger partial charge in [0, 0.05) is 10.9 Å². The van der Waals surface area contributed by atoms with Gasteiger partial charge >= 0.3 is 0 Å². The van der Waals surface area contributed by atoms with Gasteiger partial charge in [0.05, 0.1) is 13.2 Å². The minimum atomic E-state index is -0.772. The summed E-state index contributed by atoms with van der Waals surface area (Å²) in [6.45, 7) is 1.95. The molecule has 0 saturated carbocycles. The first kappa shape index (κ1) is 15.0. The summed E-state index contributed by atoms with van der Waals surface area (Å²) in [7, 11) is 1.43. The van der Waals surface area contributed by atoms with Crippen LogP contribution in [0, 0.1) is 12.7 Å². The van der Waals surface area contributed by atoms with Crippen LogP contribution in [0.5, 0.6) is 5.75 Å². The molecule has 20 heavy (non-hydrogen) atoms. The van der Waals surface area contributed by atoms with Crippen LogP contribution in [-0.2, 0) is 6.42 Å². The molecule has 0 radical (unpaired) electrons. The number of ether oxygens (including phenoxy) is 1. The summed E-state index contributed by atoms with van der Waals surface area (Å²) in [5.74, 6) is -0.226. The molecule has 0 aliphatic carbocycles. The molecule has 0 aliphatic heterocycles. The number of hydrogen-bond donors (Lipinski definition) is 1. The molecule has 0 aliphatic rings. The maximum atomic E-state index is 14.1. The molecular weight excluding hydrogens is 323 g/mol. The molecule has 0 heterocycles. The van der Waals surface area contributed by atoms with E-state index in [-0.39, 0.29) is 12.2 Å². The van der Waals surface area contributed by atoms with Crippen molar-refractivity contribution in [2.45, 2.75) is 19.4 Å². The fourth-order valence-corrected chi connectivity index (χ4v) is 2.65. The zero-order chi connectivity index (χ0) is 14.7. The Morgan fingerprint density at radius 1 is 1.25 bits per heavy atom. The van der Waals surface area contributed by atoms with Gasteiger partial charge in [-0.2, -0.15) is 0 Å². The molecule has 0 spiro atoms. The Morgan fingerprint density at radius 3 is 2.65 bits per heavy atom. The van der Waals surface area contributed by atoms with Crippen molar-refractivity contribution in [2.75, 3.05) is 7.11 Å². The van der Waals surface area contributed by atoms with Gasteiger partial charge in [0.2, 0.25) is 0 Å². The standard InChI is InChI=1S/C16H16BrFO2/c1-10-5-3-7-12(15(10)17)13(19)9-11-6-4-8-14(20-2)16(11)18/h3-8,13,19H,9H2,1-2H3. The third kappa shape index (κ3) is 3.02. The number of aliphatic hydroxyl groups excluding tert-OH is 1. The molecule has 2 aromatic carbocycles. The van der Waals surface area contributed by atoms with Gasteiger partial charge in [-0.15, -0.1) is 0 Å². The van der Waals surface area contributed by atoms with Gasteiger partial charge in [0.15, 0.2) is 11.6 Å². The predicted molar refractivity (Wildman–Crippen MR) is 80.5 cm³/mol. The van der Waals surface area contributed by atoms with Crippen LogP contribution in [0.2, 0.25) is 0 Å². The quantitative estimate of drug-likeness (QED) is 0.905. The van der Waals surface area contributed by atoms with Crippen LogP contribution in [0.4, 0.5) is 4.39 Å². The van der Waals surface area contributed by atoms with Crippen LogP contribution in [0.25, 0.3) is 0 Å². The Morgan fingerprint density at radius 2 is 1.95 bits per heavy atom. The third-order valence-electron chi connectivity index (χ3n) is 3.26. The second-order valence-electron chi connectivity index (χ2n) is 4.63. The lowest BCUT2D eigenvalue weighted by molar-refractivity contribution is 0.176. The largest absolute Gasteiger partial charge is 0.494 e. The Labute approximate surface area is 126 Å². The molecule has 1 atom stereocenters. The molecule has 2 aromatic rings. The van der Waals surface area contributed by atoms with Crippen molar-refractivity contribution >= 4 is 15.9 Å². The summed E-state index contributed by atoms with van der Waals surface area (Å²) in [5, 5.41) is 10.3. The molecule has 2 rings (SSSR count). The lowest BCUT2D eigenvalue weighted by atomic mass is 9.99. The van der Waals surface area contributed by atoms with E-state index in [0.717, 1.165) is 15.6 Å². The van der Waals surface area contributed by atoms with Gasteiger partial charge in [-0.3, -0.25) is 0 Å². The molecule has 106 valence electrons. The lowest BCUT2D eigenvalue weighted by Gasteiger charge is -2.15. The number of benzene rings is 2. The van der Waals surface area contributed by atoms with E-state index in [9.17, 15) is 9.50 Å². The number of rotatable bonds is 4. The summed E-state index contributed by atoms with van der Waals surface area (Å²) in [5.41, 5.74) is 2.23. The van der Waals surface area contributed by atoms with Crippen molar-refractivity contribution in [3.63, 3.8) is 0 Å². The molecule has 4 heteroatoms. The van der Waals surface area contributed by atoms with Crippen LogP contribution in [0.3, 0.4) is 0 Å². The number of hydrogen-bond acceptors (Lipinski definition) is 2. The normalized spacial score (nSPS) is 12.2. The zero-order valence-electron chi connectivity index (χ0n) is 11.4. The minimum Gasteiger partial charge on any atom is -0.494 e. The Bertz CT molecular complexity index is 613. The number of aliphatic hydroxyl groups is 1.